The monoisotopic (exact) mass is 382 g/mol. The Labute approximate surface area is 171 Å². The third-order valence-electron chi connectivity index (χ3n) is 6.57. The molecule has 1 aromatic rings. The molecule has 0 bridgehead atoms. The molecule has 3 heteroatoms. The molecule has 1 amide bonds. The lowest BCUT2D eigenvalue weighted by Crippen LogP contribution is -2.48. The van der Waals surface area contributed by atoms with E-state index in [2.05, 4.69) is 30.5 Å². The average Bonchev–Trinajstić information content (AvgIpc) is 3.03. The zero-order valence-electron chi connectivity index (χ0n) is 17.8. The van der Waals surface area contributed by atoms with E-state index in [-0.39, 0.29) is 5.91 Å². The first-order chi connectivity index (χ1) is 13.7. The van der Waals surface area contributed by atoms with Crippen molar-refractivity contribution in [3.05, 3.63) is 47.7 Å². The molecule has 1 aliphatic heterocycles. The van der Waals surface area contributed by atoms with E-state index in [0.29, 0.717) is 5.92 Å². The van der Waals surface area contributed by atoms with Gasteiger partial charge in [-0.05, 0) is 49.3 Å². The standard InChI is InChI=1S/C25H38N2O/c1-3-4-7-10-22-13-15-24(16-14-22)25(28)27-19-17-26(18-20-27)21(2)23-11-8-5-6-9-12-23/h13-16,23H,2-12,17-20H2,1H3. The molecular weight excluding hydrogens is 344 g/mol. The van der Waals surface area contributed by atoms with Crippen molar-refractivity contribution in [3.63, 3.8) is 0 Å². The van der Waals surface area contributed by atoms with Crippen LogP contribution in [0, 0.1) is 5.92 Å². The Bertz CT molecular complexity index is 620. The van der Waals surface area contributed by atoms with E-state index < -0.39 is 0 Å². The number of benzene rings is 1. The van der Waals surface area contributed by atoms with Crippen LogP contribution in [0.5, 0.6) is 0 Å². The number of piperazine rings is 1. The molecule has 1 saturated carbocycles. The van der Waals surface area contributed by atoms with Crippen LogP contribution in [0.4, 0.5) is 0 Å². The largest absolute Gasteiger partial charge is 0.372 e. The molecule has 0 radical (unpaired) electrons. The molecule has 154 valence electrons. The number of hydrogen-bond acceptors (Lipinski definition) is 2. The van der Waals surface area contributed by atoms with E-state index >= 15 is 0 Å². The quantitative estimate of drug-likeness (QED) is 0.449. The summed E-state index contributed by atoms with van der Waals surface area (Å²) in [6, 6.07) is 8.29. The summed E-state index contributed by atoms with van der Waals surface area (Å²) in [5, 5.41) is 0. The molecule has 0 aromatic heterocycles. The number of aryl methyl sites for hydroxylation is 1. The smallest absolute Gasteiger partial charge is 0.253 e. The molecule has 28 heavy (non-hydrogen) atoms. The van der Waals surface area contributed by atoms with Gasteiger partial charge in [-0.15, -0.1) is 0 Å². The van der Waals surface area contributed by atoms with Crippen LogP contribution in [0.25, 0.3) is 0 Å². The molecule has 2 aliphatic rings. The number of allylic oxidation sites excluding steroid dienone is 1. The summed E-state index contributed by atoms with van der Waals surface area (Å²) < 4.78 is 0. The van der Waals surface area contributed by atoms with Gasteiger partial charge in [-0.25, -0.2) is 0 Å². The molecule has 0 unspecified atom stereocenters. The van der Waals surface area contributed by atoms with Gasteiger partial charge in [0.2, 0.25) is 0 Å². The van der Waals surface area contributed by atoms with Crippen molar-refractivity contribution in [1.29, 1.82) is 0 Å². The van der Waals surface area contributed by atoms with E-state index in [0.717, 1.165) is 38.2 Å². The van der Waals surface area contributed by atoms with Gasteiger partial charge in [-0.3, -0.25) is 4.79 Å². The zero-order chi connectivity index (χ0) is 19.8. The highest BCUT2D eigenvalue weighted by Gasteiger charge is 2.26. The predicted molar refractivity (Wildman–Crippen MR) is 117 cm³/mol. The Hall–Kier alpha value is -1.77. The van der Waals surface area contributed by atoms with E-state index in [1.807, 2.05) is 17.0 Å². The summed E-state index contributed by atoms with van der Waals surface area (Å²) in [6.07, 6.45) is 12.9. The summed E-state index contributed by atoms with van der Waals surface area (Å²) in [4.78, 5) is 17.3. The highest BCUT2D eigenvalue weighted by atomic mass is 16.2. The van der Waals surface area contributed by atoms with Crippen LogP contribution < -0.4 is 0 Å². The average molecular weight is 383 g/mol. The van der Waals surface area contributed by atoms with Crippen molar-refractivity contribution in [1.82, 2.24) is 9.80 Å². The molecule has 3 rings (SSSR count). The maximum Gasteiger partial charge on any atom is 0.253 e. The summed E-state index contributed by atoms with van der Waals surface area (Å²) in [6.45, 7) is 10.1. The molecule has 1 aliphatic carbocycles. The van der Waals surface area contributed by atoms with Gasteiger partial charge < -0.3 is 9.80 Å². The van der Waals surface area contributed by atoms with Crippen LogP contribution in [0.1, 0.15) is 80.6 Å². The van der Waals surface area contributed by atoms with E-state index in [1.165, 1.54) is 69.0 Å². The van der Waals surface area contributed by atoms with Gasteiger partial charge in [-0.1, -0.05) is 64.2 Å². The molecular formula is C25H38N2O. The van der Waals surface area contributed by atoms with Crippen molar-refractivity contribution in [2.45, 2.75) is 71.1 Å². The van der Waals surface area contributed by atoms with Crippen LogP contribution in [0.15, 0.2) is 36.5 Å². The fourth-order valence-electron chi connectivity index (χ4n) is 4.64. The van der Waals surface area contributed by atoms with Gasteiger partial charge in [0, 0.05) is 37.4 Å². The maximum atomic E-state index is 12.9. The molecule has 1 heterocycles. The highest BCUT2D eigenvalue weighted by Crippen LogP contribution is 2.30. The molecule has 0 N–H and O–H groups in total. The minimum Gasteiger partial charge on any atom is -0.372 e. The Morgan fingerprint density at radius 2 is 1.54 bits per heavy atom. The van der Waals surface area contributed by atoms with Gasteiger partial charge >= 0.3 is 0 Å². The first-order valence-electron chi connectivity index (χ1n) is 11.5. The van der Waals surface area contributed by atoms with E-state index in [1.54, 1.807) is 0 Å². The number of carbonyl (C=O) groups is 1. The minimum atomic E-state index is 0.180. The first-order valence-corrected chi connectivity index (χ1v) is 11.5. The van der Waals surface area contributed by atoms with Crippen molar-refractivity contribution in [2.75, 3.05) is 26.2 Å². The Balaban J connectivity index is 1.48. The summed E-state index contributed by atoms with van der Waals surface area (Å²) in [5.41, 5.74) is 3.50. The third kappa shape index (κ3) is 5.62. The second-order valence-corrected chi connectivity index (χ2v) is 8.61. The fourth-order valence-corrected chi connectivity index (χ4v) is 4.64. The van der Waals surface area contributed by atoms with Crippen molar-refractivity contribution < 1.29 is 4.79 Å². The lowest BCUT2D eigenvalue weighted by atomic mass is 9.96. The van der Waals surface area contributed by atoms with Crippen LogP contribution >= 0.6 is 0 Å². The Kier molecular flexibility index (Phi) is 8.00. The Morgan fingerprint density at radius 1 is 0.929 bits per heavy atom. The molecule has 1 aromatic carbocycles. The number of carbonyl (C=O) groups excluding carboxylic acids is 1. The van der Waals surface area contributed by atoms with Gasteiger partial charge in [0.1, 0.15) is 0 Å². The maximum absolute atomic E-state index is 12.9. The SMILES string of the molecule is C=C(C1CCCCCC1)N1CCN(C(=O)c2ccc(CCCCC)cc2)CC1. The summed E-state index contributed by atoms with van der Waals surface area (Å²) in [7, 11) is 0. The second-order valence-electron chi connectivity index (χ2n) is 8.61. The third-order valence-corrected chi connectivity index (χ3v) is 6.57. The summed E-state index contributed by atoms with van der Waals surface area (Å²) >= 11 is 0. The van der Waals surface area contributed by atoms with Crippen molar-refractivity contribution in [3.8, 4) is 0 Å². The minimum absolute atomic E-state index is 0.180. The van der Waals surface area contributed by atoms with Gasteiger partial charge in [0.05, 0.1) is 0 Å². The van der Waals surface area contributed by atoms with Crippen LogP contribution in [0.3, 0.4) is 0 Å². The first kappa shape index (κ1) is 21.0. The molecule has 2 fully saturated rings. The van der Waals surface area contributed by atoms with Crippen LogP contribution in [0.2, 0.25) is 0 Å². The van der Waals surface area contributed by atoms with Crippen LogP contribution in [-0.2, 0) is 6.42 Å². The van der Waals surface area contributed by atoms with Crippen molar-refractivity contribution >= 4 is 5.91 Å². The fraction of sp³-hybridized carbons (Fsp3) is 0.640. The molecule has 0 spiro atoms. The summed E-state index contributed by atoms with van der Waals surface area (Å²) in [5.74, 6) is 0.838. The van der Waals surface area contributed by atoms with E-state index in [4.69, 9.17) is 0 Å². The number of nitrogens with zero attached hydrogens (tertiary/aromatic N) is 2. The van der Waals surface area contributed by atoms with E-state index in [9.17, 15) is 4.79 Å². The zero-order valence-corrected chi connectivity index (χ0v) is 17.8. The molecule has 0 atom stereocenters. The topological polar surface area (TPSA) is 23.6 Å². The highest BCUT2D eigenvalue weighted by molar-refractivity contribution is 5.94. The lowest BCUT2D eigenvalue weighted by Gasteiger charge is -2.39. The van der Waals surface area contributed by atoms with Crippen molar-refractivity contribution in [2.24, 2.45) is 5.92 Å². The predicted octanol–water partition coefficient (Wildman–Crippen LogP) is 5.66. The number of unbranched alkanes of at least 4 members (excludes halogenated alkanes) is 2. The van der Waals surface area contributed by atoms with Gasteiger partial charge in [0.15, 0.2) is 0 Å². The van der Waals surface area contributed by atoms with Crippen LogP contribution in [-0.4, -0.2) is 41.9 Å². The normalized spacial score (nSPS) is 18.8. The second kappa shape index (κ2) is 10.7. The molecule has 3 nitrogen and oxygen atoms in total. The Morgan fingerprint density at radius 3 is 2.14 bits per heavy atom. The number of rotatable bonds is 7. The lowest BCUT2D eigenvalue weighted by molar-refractivity contribution is 0.0659. The number of hydrogen-bond donors (Lipinski definition) is 0. The number of amides is 1. The van der Waals surface area contributed by atoms with Gasteiger partial charge in [0.25, 0.3) is 5.91 Å². The molecule has 1 saturated heterocycles. The van der Waals surface area contributed by atoms with Gasteiger partial charge in [-0.2, -0.15) is 0 Å².